The van der Waals surface area contributed by atoms with E-state index in [1.54, 1.807) is 0 Å². The number of nitrogens with one attached hydrogen (secondary N) is 2. The summed E-state index contributed by atoms with van der Waals surface area (Å²) < 4.78 is 2.19. The second-order valence-corrected chi connectivity index (χ2v) is 7.26. The van der Waals surface area contributed by atoms with E-state index >= 15 is 0 Å². The number of rotatable bonds is 6. The van der Waals surface area contributed by atoms with Crippen LogP contribution in [0.5, 0.6) is 0 Å². The topological polar surface area (TPSA) is 59.0 Å². The van der Waals surface area contributed by atoms with E-state index in [2.05, 4.69) is 35.1 Å². The number of aromatic nitrogens is 2. The van der Waals surface area contributed by atoms with Gasteiger partial charge in [-0.15, -0.1) is 24.8 Å². The van der Waals surface area contributed by atoms with Crippen molar-refractivity contribution in [2.24, 2.45) is 11.8 Å². The summed E-state index contributed by atoms with van der Waals surface area (Å²) in [5.74, 6) is 2.15. The molecule has 152 valence electrons. The number of hydrogen-bond acceptors (Lipinski definition) is 3. The van der Waals surface area contributed by atoms with Gasteiger partial charge in [0.05, 0.1) is 17.1 Å². The Kier molecular flexibility index (Phi) is 9.57. The monoisotopic (exact) mass is 414 g/mol. The summed E-state index contributed by atoms with van der Waals surface area (Å²) in [5, 5.41) is 6.55. The van der Waals surface area contributed by atoms with Crippen molar-refractivity contribution in [1.82, 2.24) is 20.2 Å². The number of halogens is 2. The molecule has 2 heterocycles. The highest BCUT2D eigenvalue weighted by Gasteiger charge is 2.23. The number of imidazole rings is 1. The average molecular weight is 415 g/mol. The number of benzene rings is 1. The maximum Gasteiger partial charge on any atom is 0.220 e. The van der Waals surface area contributed by atoms with Crippen molar-refractivity contribution in [3.8, 4) is 0 Å². The van der Waals surface area contributed by atoms with Gasteiger partial charge in [0.2, 0.25) is 5.91 Å². The smallest absolute Gasteiger partial charge is 0.220 e. The largest absolute Gasteiger partial charge is 0.346 e. The van der Waals surface area contributed by atoms with Gasteiger partial charge in [-0.25, -0.2) is 4.98 Å². The van der Waals surface area contributed by atoms with Gasteiger partial charge in [-0.3, -0.25) is 4.79 Å². The summed E-state index contributed by atoms with van der Waals surface area (Å²) in [6, 6.07) is 8.06. The minimum atomic E-state index is -0.0833. The molecule has 2 atom stereocenters. The second-order valence-electron chi connectivity index (χ2n) is 7.26. The van der Waals surface area contributed by atoms with Gasteiger partial charge in [-0.2, -0.15) is 0 Å². The number of carbonyl (C=O) groups excluding carboxylic acids is 1. The molecular formula is C20H32Cl2N4O. The van der Waals surface area contributed by atoms with Crippen LogP contribution < -0.4 is 10.6 Å². The zero-order chi connectivity index (χ0) is 17.8. The molecule has 2 aromatic rings. The third-order valence-electron chi connectivity index (χ3n) is 5.46. The molecule has 2 unspecified atom stereocenters. The molecule has 1 aliphatic heterocycles. The second kappa shape index (κ2) is 10.9. The molecule has 1 fully saturated rings. The van der Waals surface area contributed by atoms with Gasteiger partial charge < -0.3 is 15.2 Å². The van der Waals surface area contributed by atoms with Crippen molar-refractivity contribution < 1.29 is 4.79 Å². The quantitative estimate of drug-likeness (QED) is 0.747. The Morgan fingerprint density at radius 3 is 2.59 bits per heavy atom. The van der Waals surface area contributed by atoms with E-state index in [4.69, 9.17) is 4.98 Å². The first kappa shape index (κ1) is 23.7. The van der Waals surface area contributed by atoms with E-state index in [-0.39, 0.29) is 36.8 Å². The summed E-state index contributed by atoms with van der Waals surface area (Å²) in [7, 11) is 0. The number of nitrogens with zero attached hydrogens (tertiary/aromatic N) is 2. The molecule has 0 bridgehead atoms. The lowest BCUT2D eigenvalue weighted by molar-refractivity contribution is -0.123. The van der Waals surface area contributed by atoms with Gasteiger partial charge in [0, 0.05) is 13.0 Å². The fraction of sp³-hybridized carbons (Fsp3) is 0.600. The van der Waals surface area contributed by atoms with Crippen LogP contribution in [0.2, 0.25) is 0 Å². The SMILES string of the molecule is CCn1c(C(C)NC(=O)CC(C)C2CCNCC2)nc2ccccc21.Cl.Cl. The summed E-state index contributed by atoms with van der Waals surface area (Å²) in [5.41, 5.74) is 2.12. The summed E-state index contributed by atoms with van der Waals surface area (Å²) >= 11 is 0. The van der Waals surface area contributed by atoms with Crippen LogP contribution in [0.3, 0.4) is 0 Å². The molecule has 0 spiro atoms. The standard InChI is InChI=1S/C20H30N4O.2ClH/c1-4-24-18-8-6-5-7-17(18)23-20(24)15(3)22-19(25)13-14(2)16-9-11-21-12-10-16;;/h5-8,14-16,21H,4,9-13H2,1-3H3,(H,22,25);2*1H. The normalized spacial score (nSPS) is 16.9. The molecule has 1 aliphatic rings. The van der Waals surface area contributed by atoms with Gasteiger partial charge >= 0.3 is 0 Å². The number of aryl methyl sites for hydroxylation is 1. The molecule has 1 aromatic heterocycles. The highest BCUT2D eigenvalue weighted by Crippen LogP contribution is 2.25. The molecule has 0 aliphatic carbocycles. The molecule has 1 amide bonds. The minimum absolute atomic E-state index is 0. The zero-order valence-corrected chi connectivity index (χ0v) is 18.0. The fourth-order valence-electron chi connectivity index (χ4n) is 3.99. The summed E-state index contributed by atoms with van der Waals surface area (Å²) in [4.78, 5) is 17.3. The molecule has 3 rings (SSSR count). The van der Waals surface area contributed by atoms with Crippen molar-refractivity contribution in [2.45, 2.75) is 52.6 Å². The number of carbonyl (C=O) groups is 1. The van der Waals surface area contributed by atoms with Gasteiger partial charge in [0.1, 0.15) is 5.82 Å². The summed E-state index contributed by atoms with van der Waals surface area (Å²) in [6.45, 7) is 9.36. The van der Waals surface area contributed by atoms with E-state index < -0.39 is 0 Å². The van der Waals surface area contributed by atoms with Gasteiger partial charge in [-0.1, -0.05) is 19.1 Å². The Morgan fingerprint density at radius 1 is 1.26 bits per heavy atom. The van der Waals surface area contributed by atoms with E-state index in [9.17, 15) is 4.79 Å². The van der Waals surface area contributed by atoms with Crippen molar-refractivity contribution in [3.63, 3.8) is 0 Å². The van der Waals surface area contributed by atoms with Gasteiger partial charge in [-0.05, 0) is 63.7 Å². The number of para-hydroxylation sites is 2. The highest BCUT2D eigenvalue weighted by molar-refractivity contribution is 5.85. The van der Waals surface area contributed by atoms with Crippen LogP contribution in [0.4, 0.5) is 0 Å². The minimum Gasteiger partial charge on any atom is -0.346 e. The van der Waals surface area contributed by atoms with Gasteiger partial charge in [0.15, 0.2) is 0 Å². The Labute approximate surface area is 174 Å². The first-order valence-corrected chi connectivity index (χ1v) is 9.55. The van der Waals surface area contributed by atoms with Crippen molar-refractivity contribution in [3.05, 3.63) is 30.1 Å². The van der Waals surface area contributed by atoms with E-state index in [0.29, 0.717) is 18.3 Å². The number of hydrogen-bond donors (Lipinski definition) is 2. The molecule has 0 radical (unpaired) electrons. The molecule has 1 saturated heterocycles. The zero-order valence-electron chi connectivity index (χ0n) is 16.4. The molecule has 2 N–H and O–H groups in total. The van der Waals surface area contributed by atoms with E-state index in [1.807, 2.05) is 25.1 Å². The third-order valence-corrected chi connectivity index (χ3v) is 5.46. The predicted octanol–water partition coefficient (Wildman–Crippen LogP) is 4.10. The van der Waals surface area contributed by atoms with Crippen LogP contribution in [0.1, 0.15) is 51.9 Å². The van der Waals surface area contributed by atoms with Crippen molar-refractivity contribution in [1.29, 1.82) is 0 Å². The van der Waals surface area contributed by atoms with Crippen molar-refractivity contribution >= 4 is 41.8 Å². The molecule has 5 nitrogen and oxygen atoms in total. The lowest BCUT2D eigenvalue weighted by Crippen LogP contribution is -2.34. The Bertz CT molecular complexity index is 728. The van der Waals surface area contributed by atoms with E-state index in [1.165, 1.54) is 12.8 Å². The molecule has 7 heteroatoms. The average Bonchev–Trinajstić information content (AvgIpc) is 3.01. The first-order chi connectivity index (χ1) is 12.1. The molecule has 1 aromatic carbocycles. The van der Waals surface area contributed by atoms with Crippen molar-refractivity contribution in [2.75, 3.05) is 13.1 Å². The highest BCUT2D eigenvalue weighted by atomic mass is 35.5. The number of fused-ring (bicyclic) bond motifs is 1. The van der Waals surface area contributed by atoms with Crippen LogP contribution in [0.25, 0.3) is 11.0 Å². The van der Waals surface area contributed by atoms with Crippen LogP contribution >= 0.6 is 24.8 Å². The maximum absolute atomic E-state index is 12.5. The Hall–Kier alpha value is -1.30. The van der Waals surface area contributed by atoms with Crippen LogP contribution in [-0.2, 0) is 11.3 Å². The van der Waals surface area contributed by atoms with E-state index in [0.717, 1.165) is 36.5 Å². The lowest BCUT2D eigenvalue weighted by atomic mass is 9.84. The molecule has 0 saturated carbocycles. The van der Waals surface area contributed by atoms with Crippen LogP contribution in [-0.4, -0.2) is 28.5 Å². The van der Waals surface area contributed by atoms with Crippen LogP contribution in [0.15, 0.2) is 24.3 Å². The summed E-state index contributed by atoms with van der Waals surface area (Å²) in [6.07, 6.45) is 2.95. The molecular weight excluding hydrogens is 383 g/mol. The maximum atomic E-state index is 12.5. The molecule has 27 heavy (non-hydrogen) atoms. The third kappa shape index (κ3) is 5.59. The lowest BCUT2D eigenvalue weighted by Gasteiger charge is -2.28. The van der Waals surface area contributed by atoms with Gasteiger partial charge in [0.25, 0.3) is 0 Å². The van der Waals surface area contributed by atoms with Crippen LogP contribution in [0, 0.1) is 11.8 Å². The number of amides is 1. The Balaban J connectivity index is 0.00000182. The Morgan fingerprint density at radius 2 is 1.93 bits per heavy atom. The fourth-order valence-corrected chi connectivity index (χ4v) is 3.99. The first-order valence-electron chi connectivity index (χ1n) is 9.55. The predicted molar refractivity (Wildman–Crippen MR) is 116 cm³/mol. The number of piperidine rings is 1.